The van der Waals surface area contributed by atoms with Crippen LogP contribution in [0.5, 0.6) is 0 Å². The summed E-state index contributed by atoms with van der Waals surface area (Å²) in [5.74, 6) is -1.20. The van der Waals surface area contributed by atoms with Gasteiger partial charge in [0, 0.05) is 16.4 Å². The van der Waals surface area contributed by atoms with Gasteiger partial charge in [0.05, 0.1) is 5.56 Å². The molecule has 1 amide bonds. The van der Waals surface area contributed by atoms with Gasteiger partial charge in [-0.3, -0.25) is 4.79 Å². The number of carbonyl (C=O) groups is 1. The highest BCUT2D eigenvalue weighted by Crippen LogP contribution is 2.20. The molecule has 0 spiro atoms. The van der Waals surface area contributed by atoms with E-state index < -0.39 is 11.7 Å². The molecular weight excluding hydrogens is 267 g/mol. The van der Waals surface area contributed by atoms with Crippen molar-refractivity contribution in [3.05, 3.63) is 58.4 Å². The minimum Gasteiger partial charge on any atom is -0.399 e. The Morgan fingerprint density at radius 1 is 1.26 bits per heavy atom. The molecule has 2 rings (SSSR count). The van der Waals surface area contributed by atoms with Crippen molar-refractivity contribution in [2.24, 2.45) is 0 Å². The van der Waals surface area contributed by atoms with Crippen LogP contribution in [0.3, 0.4) is 0 Å². The smallest absolute Gasteiger partial charge is 0.258 e. The number of aryl methyl sites for hydroxylation is 1. The maximum atomic E-state index is 13.6. The molecule has 19 heavy (non-hydrogen) atoms. The van der Waals surface area contributed by atoms with Crippen LogP contribution in [0.15, 0.2) is 36.4 Å². The van der Waals surface area contributed by atoms with Crippen LogP contribution >= 0.6 is 11.6 Å². The van der Waals surface area contributed by atoms with Crippen LogP contribution in [-0.2, 0) is 0 Å². The van der Waals surface area contributed by atoms with Crippen LogP contribution in [-0.4, -0.2) is 5.91 Å². The number of amides is 1. The second-order valence-electron chi connectivity index (χ2n) is 4.15. The van der Waals surface area contributed by atoms with Crippen molar-refractivity contribution in [2.45, 2.75) is 6.92 Å². The molecule has 0 saturated heterocycles. The predicted molar refractivity (Wildman–Crippen MR) is 75.0 cm³/mol. The molecule has 3 N–H and O–H groups in total. The molecule has 2 aromatic rings. The minimum absolute atomic E-state index is 0.0637. The Morgan fingerprint density at radius 2 is 2.00 bits per heavy atom. The Labute approximate surface area is 115 Å². The van der Waals surface area contributed by atoms with Gasteiger partial charge in [0.15, 0.2) is 0 Å². The van der Waals surface area contributed by atoms with E-state index in [2.05, 4.69) is 5.32 Å². The maximum absolute atomic E-state index is 13.6. The van der Waals surface area contributed by atoms with Crippen molar-refractivity contribution < 1.29 is 9.18 Å². The highest BCUT2D eigenvalue weighted by molar-refractivity contribution is 6.30. The van der Waals surface area contributed by atoms with Crippen LogP contribution in [0.2, 0.25) is 5.02 Å². The summed E-state index contributed by atoms with van der Waals surface area (Å²) in [5.41, 5.74) is 7.51. The Kier molecular flexibility index (Phi) is 3.71. The lowest BCUT2D eigenvalue weighted by atomic mass is 10.1. The van der Waals surface area contributed by atoms with Gasteiger partial charge in [-0.15, -0.1) is 0 Å². The summed E-state index contributed by atoms with van der Waals surface area (Å²) in [6.07, 6.45) is 0. The van der Waals surface area contributed by atoms with Crippen molar-refractivity contribution in [1.82, 2.24) is 0 Å². The summed E-state index contributed by atoms with van der Waals surface area (Å²) in [7, 11) is 0. The van der Waals surface area contributed by atoms with Crippen molar-refractivity contribution >= 4 is 28.9 Å². The lowest BCUT2D eigenvalue weighted by Gasteiger charge is -2.10. The molecule has 2 aromatic carbocycles. The minimum atomic E-state index is -0.661. The number of nitrogen functional groups attached to an aromatic ring is 1. The van der Waals surface area contributed by atoms with Crippen molar-refractivity contribution in [1.29, 1.82) is 0 Å². The first kappa shape index (κ1) is 13.4. The largest absolute Gasteiger partial charge is 0.399 e. The molecule has 0 heterocycles. The van der Waals surface area contributed by atoms with Gasteiger partial charge in [-0.05, 0) is 42.8 Å². The maximum Gasteiger partial charge on any atom is 0.258 e. The highest BCUT2D eigenvalue weighted by atomic mass is 35.5. The van der Waals surface area contributed by atoms with E-state index >= 15 is 0 Å². The van der Waals surface area contributed by atoms with E-state index in [0.29, 0.717) is 11.4 Å². The first-order valence-corrected chi connectivity index (χ1v) is 5.97. The third-order valence-corrected chi connectivity index (χ3v) is 2.92. The number of carbonyl (C=O) groups excluding carboxylic acids is 1. The SMILES string of the molecule is Cc1ccc(N)cc1NC(=O)c1ccc(Cl)cc1F. The van der Waals surface area contributed by atoms with Gasteiger partial charge in [0.2, 0.25) is 0 Å². The van der Waals surface area contributed by atoms with E-state index in [9.17, 15) is 9.18 Å². The van der Waals surface area contributed by atoms with E-state index in [-0.39, 0.29) is 10.6 Å². The van der Waals surface area contributed by atoms with Gasteiger partial charge in [0.25, 0.3) is 5.91 Å². The molecule has 5 heteroatoms. The Hall–Kier alpha value is -2.07. The zero-order valence-electron chi connectivity index (χ0n) is 10.2. The van der Waals surface area contributed by atoms with Crippen molar-refractivity contribution in [3.63, 3.8) is 0 Å². The lowest BCUT2D eigenvalue weighted by Crippen LogP contribution is -2.14. The third kappa shape index (κ3) is 3.03. The number of nitrogens with two attached hydrogens (primary N) is 1. The standard InChI is InChI=1S/C14H12ClFN2O/c1-8-2-4-10(17)7-13(8)18-14(19)11-5-3-9(15)6-12(11)16/h2-7H,17H2,1H3,(H,18,19). The van der Waals surface area contributed by atoms with Crippen molar-refractivity contribution in [3.8, 4) is 0 Å². The molecular formula is C14H12ClFN2O. The van der Waals surface area contributed by atoms with E-state index in [1.54, 1.807) is 18.2 Å². The zero-order valence-corrected chi connectivity index (χ0v) is 11.0. The summed E-state index contributed by atoms with van der Waals surface area (Å²) >= 11 is 5.64. The molecule has 0 atom stereocenters. The van der Waals surface area contributed by atoms with Gasteiger partial charge in [-0.2, -0.15) is 0 Å². The quantitative estimate of drug-likeness (QED) is 0.824. The first-order valence-electron chi connectivity index (χ1n) is 5.60. The molecule has 0 fully saturated rings. The van der Waals surface area contributed by atoms with Crippen LogP contribution in [0.1, 0.15) is 15.9 Å². The van der Waals surface area contributed by atoms with E-state index in [1.165, 1.54) is 12.1 Å². The average molecular weight is 279 g/mol. The van der Waals surface area contributed by atoms with E-state index in [0.717, 1.165) is 11.6 Å². The summed E-state index contributed by atoms with van der Waals surface area (Å²) < 4.78 is 13.6. The lowest BCUT2D eigenvalue weighted by molar-refractivity contribution is 0.102. The molecule has 0 aliphatic heterocycles. The predicted octanol–water partition coefficient (Wildman–Crippen LogP) is 3.62. The van der Waals surface area contributed by atoms with E-state index in [1.807, 2.05) is 6.92 Å². The number of hydrogen-bond acceptors (Lipinski definition) is 2. The second-order valence-corrected chi connectivity index (χ2v) is 4.59. The Bertz CT molecular complexity index is 643. The molecule has 0 radical (unpaired) electrons. The number of benzene rings is 2. The molecule has 0 saturated carbocycles. The molecule has 0 bridgehead atoms. The van der Waals surface area contributed by atoms with Gasteiger partial charge >= 0.3 is 0 Å². The van der Waals surface area contributed by atoms with Crippen LogP contribution in [0.4, 0.5) is 15.8 Å². The molecule has 98 valence electrons. The number of halogens is 2. The fourth-order valence-electron chi connectivity index (χ4n) is 1.64. The van der Waals surface area contributed by atoms with Gasteiger partial charge in [0.1, 0.15) is 5.82 Å². The van der Waals surface area contributed by atoms with Crippen LogP contribution in [0, 0.1) is 12.7 Å². The van der Waals surface area contributed by atoms with Crippen LogP contribution < -0.4 is 11.1 Å². The van der Waals surface area contributed by atoms with Crippen LogP contribution in [0.25, 0.3) is 0 Å². The monoisotopic (exact) mass is 278 g/mol. The summed E-state index contributed by atoms with van der Waals surface area (Å²) in [4.78, 5) is 12.0. The number of anilines is 2. The first-order chi connectivity index (χ1) is 8.97. The average Bonchev–Trinajstić information content (AvgIpc) is 2.33. The molecule has 0 aromatic heterocycles. The van der Waals surface area contributed by atoms with E-state index in [4.69, 9.17) is 17.3 Å². The Morgan fingerprint density at radius 3 is 2.68 bits per heavy atom. The summed E-state index contributed by atoms with van der Waals surface area (Å²) in [6.45, 7) is 1.83. The van der Waals surface area contributed by atoms with Gasteiger partial charge in [-0.25, -0.2) is 4.39 Å². The highest BCUT2D eigenvalue weighted by Gasteiger charge is 2.13. The molecule has 0 aliphatic carbocycles. The van der Waals surface area contributed by atoms with Gasteiger partial charge in [-0.1, -0.05) is 17.7 Å². The van der Waals surface area contributed by atoms with Crippen molar-refractivity contribution in [2.75, 3.05) is 11.1 Å². The second kappa shape index (κ2) is 5.28. The fraction of sp³-hybridized carbons (Fsp3) is 0.0714. The number of rotatable bonds is 2. The zero-order chi connectivity index (χ0) is 14.0. The number of hydrogen-bond donors (Lipinski definition) is 2. The molecule has 0 aliphatic rings. The molecule has 3 nitrogen and oxygen atoms in total. The summed E-state index contributed by atoms with van der Waals surface area (Å²) in [5, 5.41) is 2.87. The van der Waals surface area contributed by atoms with Gasteiger partial charge < -0.3 is 11.1 Å². The fourth-order valence-corrected chi connectivity index (χ4v) is 1.80. The normalized spacial score (nSPS) is 10.3. The Balaban J connectivity index is 2.28. The summed E-state index contributed by atoms with van der Waals surface area (Å²) in [6, 6.07) is 9.04. The third-order valence-electron chi connectivity index (χ3n) is 2.69. The molecule has 0 unspecified atom stereocenters. The topological polar surface area (TPSA) is 55.1 Å². The number of nitrogens with one attached hydrogen (secondary N) is 1.